The van der Waals surface area contributed by atoms with Crippen molar-refractivity contribution in [3.05, 3.63) is 53.1 Å². The molecule has 3 nitrogen and oxygen atoms in total. The van der Waals surface area contributed by atoms with E-state index in [0.717, 1.165) is 21.5 Å². The van der Waals surface area contributed by atoms with Crippen molar-refractivity contribution in [3.63, 3.8) is 0 Å². The van der Waals surface area contributed by atoms with E-state index in [0.29, 0.717) is 10.3 Å². The number of rotatable bonds is 2. The number of halogens is 1. The predicted octanol–water partition coefficient (Wildman–Crippen LogP) is 3.14. The second kappa shape index (κ2) is 5.57. The molecule has 0 fully saturated rings. The fourth-order valence-electron chi connectivity index (χ4n) is 2.30. The van der Waals surface area contributed by atoms with Crippen LogP contribution in [0.4, 0.5) is 5.69 Å². The van der Waals surface area contributed by atoms with E-state index in [4.69, 9.17) is 16.3 Å². The zero-order valence-corrected chi connectivity index (χ0v) is 13.4. The van der Waals surface area contributed by atoms with Crippen molar-refractivity contribution in [3.8, 4) is 5.75 Å². The van der Waals surface area contributed by atoms with E-state index >= 15 is 0 Å². The molecule has 5 heteroatoms. The van der Waals surface area contributed by atoms with Gasteiger partial charge in [-0.3, -0.25) is 0 Å². The molecule has 0 aromatic heterocycles. The first-order valence-electron chi connectivity index (χ1n) is 6.26. The van der Waals surface area contributed by atoms with Crippen molar-refractivity contribution in [2.75, 3.05) is 12.4 Å². The summed E-state index contributed by atoms with van der Waals surface area (Å²) in [5, 5.41) is 4.74. The van der Waals surface area contributed by atoms with Crippen LogP contribution in [0.5, 0.6) is 5.75 Å². The van der Waals surface area contributed by atoms with Crippen molar-refractivity contribution in [2.45, 2.75) is 11.4 Å². The van der Waals surface area contributed by atoms with Gasteiger partial charge in [0.2, 0.25) is 0 Å². The first-order chi connectivity index (χ1) is 9.67. The molecule has 0 saturated heterocycles. The normalized spacial score (nSPS) is 20.9. The molecular weight excluding hydrogens is 341 g/mol. The van der Waals surface area contributed by atoms with Gasteiger partial charge < -0.3 is 0 Å². The molecule has 0 radical (unpaired) electrons. The molecule has 2 aromatic carbocycles. The van der Waals surface area contributed by atoms with Crippen LogP contribution in [0.15, 0.2) is 42.5 Å². The zero-order valence-electron chi connectivity index (χ0n) is 10.9. The molecule has 1 heterocycles. The summed E-state index contributed by atoms with van der Waals surface area (Å²) in [4.78, 5) is 0. The third kappa shape index (κ3) is 2.59. The summed E-state index contributed by atoms with van der Waals surface area (Å²) in [6.45, 7) is 0. The van der Waals surface area contributed by atoms with Crippen LogP contribution in [0.3, 0.4) is 0 Å². The number of benzene rings is 2. The molecule has 0 aliphatic carbocycles. The third-order valence-corrected chi connectivity index (χ3v) is 6.70. The van der Waals surface area contributed by atoms with Gasteiger partial charge >= 0.3 is 127 Å². The van der Waals surface area contributed by atoms with E-state index in [1.165, 1.54) is 0 Å². The van der Waals surface area contributed by atoms with E-state index in [1.54, 1.807) is 13.2 Å². The Hall–Kier alpha value is -1.35. The Morgan fingerprint density at radius 2 is 2.00 bits per heavy atom. The quantitative estimate of drug-likeness (QED) is 0.842. The molecule has 0 amide bonds. The molecule has 104 valence electrons. The first-order valence-corrected chi connectivity index (χ1v) is 9.40. The average Bonchev–Trinajstić information content (AvgIpc) is 2.46. The number of methoxy groups -OCH3 is 1. The monoisotopic (exact) mass is 355 g/mol. The van der Waals surface area contributed by atoms with Gasteiger partial charge in [0, 0.05) is 0 Å². The molecule has 0 spiro atoms. The van der Waals surface area contributed by atoms with E-state index < -0.39 is 13.8 Å². The molecule has 0 saturated carbocycles. The van der Waals surface area contributed by atoms with Gasteiger partial charge in [-0.2, -0.15) is 0 Å². The molecule has 20 heavy (non-hydrogen) atoms. The Morgan fingerprint density at radius 1 is 1.25 bits per heavy atom. The first kappa shape index (κ1) is 13.6. The van der Waals surface area contributed by atoms with Gasteiger partial charge in [0.05, 0.1) is 0 Å². The summed E-state index contributed by atoms with van der Waals surface area (Å²) in [5.41, 5.74) is 2.01. The van der Waals surface area contributed by atoms with Crippen LogP contribution < -0.4 is 14.5 Å². The van der Waals surface area contributed by atoms with E-state index in [2.05, 4.69) is 5.32 Å². The molecule has 1 unspecified atom stereocenters. The molecule has 1 aliphatic heterocycles. The molecule has 1 N–H and O–H groups in total. The van der Waals surface area contributed by atoms with Crippen LogP contribution >= 0.6 is 11.6 Å². The molecular formula is C15H14ClNO2Se. The zero-order chi connectivity index (χ0) is 14.1. The minimum atomic E-state index is -2.02. The molecule has 0 bridgehead atoms. The second-order valence-electron chi connectivity index (χ2n) is 4.62. The Morgan fingerprint density at radius 3 is 2.70 bits per heavy atom. The number of hydrogen-bond acceptors (Lipinski definition) is 3. The maximum atomic E-state index is 12.4. The summed E-state index contributed by atoms with van der Waals surface area (Å²) in [6.07, 6.45) is 0. The number of hydrogen-bond donors (Lipinski definition) is 1. The van der Waals surface area contributed by atoms with Crippen LogP contribution in [0.2, 0.25) is 10.3 Å². The van der Waals surface area contributed by atoms with E-state index in [9.17, 15) is 3.83 Å². The average molecular weight is 355 g/mol. The topological polar surface area (TPSA) is 38.3 Å². The molecule has 1 aliphatic rings. The van der Waals surface area contributed by atoms with Crippen molar-refractivity contribution in [1.82, 2.24) is 0 Å². The van der Waals surface area contributed by atoms with Gasteiger partial charge in [-0.05, 0) is 0 Å². The SMILES string of the molecule is COc1ccc([C@@H]2C[Se](=O)c3ccc(Cl)cc3N2)cc1. The standard InChI is InChI=1S/C15H14ClNO2Se/c1-19-12-5-2-10(3-6-12)14-9-20(18)15-7-4-11(16)8-13(15)17-14/h2-8,14,17H,9H2,1H3/t14-,20?/m0/s1. The van der Waals surface area contributed by atoms with Crippen LogP contribution in [-0.4, -0.2) is 20.9 Å². The van der Waals surface area contributed by atoms with Crippen molar-refractivity contribution < 1.29 is 8.57 Å². The fraction of sp³-hybridized carbons (Fsp3) is 0.200. The second-order valence-corrected chi connectivity index (χ2v) is 8.13. The Kier molecular flexibility index (Phi) is 3.79. The van der Waals surface area contributed by atoms with Gasteiger partial charge in [-0.25, -0.2) is 0 Å². The maximum absolute atomic E-state index is 12.4. The van der Waals surface area contributed by atoms with Crippen molar-refractivity contribution >= 4 is 35.6 Å². The predicted molar refractivity (Wildman–Crippen MR) is 81.7 cm³/mol. The van der Waals surface area contributed by atoms with Crippen LogP contribution in [-0.2, 0) is 3.83 Å². The third-order valence-electron chi connectivity index (χ3n) is 3.35. The molecule has 3 rings (SSSR count). The summed E-state index contributed by atoms with van der Waals surface area (Å²) >= 11 is 3.99. The number of ether oxygens (including phenoxy) is 1. The van der Waals surface area contributed by atoms with E-state index in [-0.39, 0.29) is 6.04 Å². The number of anilines is 1. The summed E-state index contributed by atoms with van der Waals surface area (Å²) < 4.78 is 18.5. The van der Waals surface area contributed by atoms with Gasteiger partial charge in [0.25, 0.3) is 0 Å². The Bertz CT molecular complexity index is 657. The summed E-state index contributed by atoms with van der Waals surface area (Å²) in [6, 6.07) is 13.4. The minimum absolute atomic E-state index is 0.0642. The van der Waals surface area contributed by atoms with Gasteiger partial charge in [-0.15, -0.1) is 0 Å². The molecule has 2 atom stereocenters. The van der Waals surface area contributed by atoms with Gasteiger partial charge in [0.1, 0.15) is 0 Å². The van der Waals surface area contributed by atoms with Crippen molar-refractivity contribution in [1.29, 1.82) is 0 Å². The number of fused-ring (bicyclic) bond motifs is 1. The molecule has 2 aromatic rings. The Balaban J connectivity index is 1.91. The summed E-state index contributed by atoms with van der Waals surface area (Å²) in [5.74, 6) is 0.822. The van der Waals surface area contributed by atoms with E-state index in [1.807, 2.05) is 36.4 Å². The van der Waals surface area contributed by atoms with Gasteiger partial charge in [-0.1, -0.05) is 0 Å². The van der Waals surface area contributed by atoms with Gasteiger partial charge in [0.15, 0.2) is 0 Å². The Labute approximate surface area is 127 Å². The fourth-order valence-corrected chi connectivity index (χ4v) is 5.29. The van der Waals surface area contributed by atoms with Crippen LogP contribution in [0, 0.1) is 0 Å². The van der Waals surface area contributed by atoms with Crippen molar-refractivity contribution in [2.24, 2.45) is 0 Å². The van der Waals surface area contributed by atoms with Crippen LogP contribution in [0.25, 0.3) is 0 Å². The summed E-state index contributed by atoms with van der Waals surface area (Å²) in [7, 11) is 1.64. The number of nitrogens with one attached hydrogen (secondary N) is 1. The van der Waals surface area contributed by atoms with Crippen LogP contribution in [0.1, 0.15) is 11.6 Å².